The number of carbonyl (C=O) groups excluding carboxylic acids is 1. The second-order valence-corrected chi connectivity index (χ2v) is 6.61. The number of hydrogen-bond donors (Lipinski definition) is 2. The fourth-order valence-electron chi connectivity index (χ4n) is 3.18. The number of carbonyl (C=O) groups is 1. The van der Waals surface area contributed by atoms with E-state index in [2.05, 4.69) is 10.2 Å². The van der Waals surface area contributed by atoms with Crippen LogP contribution in [0, 0.1) is 0 Å². The number of amides is 1. The third-order valence-electron chi connectivity index (χ3n) is 4.37. The molecule has 0 aliphatic carbocycles. The lowest BCUT2D eigenvalue weighted by Gasteiger charge is -2.37. The van der Waals surface area contributed by atoms with Gasteiger partial charge in [-0.1, -0.05) is 36.2 Å². The van der Waals surface area contributed by atoms with E-state index in [0.717, 1.165) is 24.9 Å². The van der Waals surface area contributed by atoms with Crippen molar-refractivity contribution < 1.29 is 4.79 Å². The first kappa shape index (κ1) is 17.3. The Hall–Kier alpha value is -1.10. The lowest BCUT2D eigenvalue weighted by atomic mass is 9.97. The largest absolute Gasteiger partial charge is 0.348 e. The minimum Gasteiger partial charge on any atom is -0.348 e. The molecular weight excluding hydrogens is 298 g/mol. The summed E-state index contributed by atoms with van der Waals surface area (Å²) in [6, 6.07) is 7.90. The molecule has 122 valence electrons. The fraction of sp³-hybridized carbons (Fsp3) is 0.588. The number of nitrogens with two attached hydrogens (primary N) is 1. The van der Waals surface area contributed by atoms with E-state index < -0.39 is 0 Å². The quantitative estimate of drug-likeness (QED) is 0.876. The van der Waals surface area contributed by atoms with Crippen molar-refractivity contribution in [1.82, 2.24) is 10.2 Å². The second-order valence-electron chi connectivity index (χ2n) is 6.20. The van der Waals surface area contributed by atoms with Gasteiger partial charge in [-0.15, -0.1) is 0 Å². The third-order valence-corrected chi connectivity index (χ3v) is 4.71. The molecule has 0 saturated carbocycles. The number of piperidine rings is 1. The number of nitrogens with zero attached hydrogens (tertiary/aromatic N) is 1. The van der Waals surface area contributed by atoms with Gasteiger partial charge < -0.3 is 11.1 Å². The molecule has 1 fully saturated rings. The average molecular weight is 324 g/mol. The van der Waals surface area contributed by atoms with E-state index in [4.69, 9.17) is 17.3 Å². The van der Waals surface area contributed by atoms with Crippen molar-refractivity contribution >= 4 is 17.5 Å². The van der Waals surface area contributed by atoms with Crippen LogP contribution in [0.4, 0.5) is 0 Å². The molecule has 1 aliphatic heterocycles. The molecule has 1 aromatic rings. The maximum absolute atomic E-state index is 12.3. The summed E-state index contributed by atoms with van der Waals surface area (Å²) in [5.41, 5.74) is 7.00. The van der Waals surface area contributed by atoms with Crippen LogP contribution < -0.4 is 11.1 Å². The lowest BCUT2D eigenvalue weighted by molar-refractivity contribution is -0.123. The molecule has 0 radical (unpaired) electrons. The number of rotatable bonds is 5. The monoisotopic (exact) mass is 323 g/mol. The molecule has 0 bridgehead atoms. The van der Waals surface area contributed by atoms with Crippen LogP contribution in [-0.2, 0) is 4.79 Å². The Morgan fingerprint density at radius 3 is 2.82 bits per heavy atom. The molecular formula is C17H26ClN3O. The minimum atomic E-state index is -0.0975. The van der Waals surface area contributed by atoms with Crippen molar-refractivity contribution in [3.8, 4) is 0 Å². The van der Waals surface area contributed by atoms with Crippen LogP contribution in [0.25, 0.3) is 0 Å². The number of benzene rings is 1. The standard InChI is InChI=1S/C17H26ClN3O/c1-12(19)16-9-5-6-10-21(16)11-17(22)20-13(2)14-7-3-4-8-15(14)18/h3-4,7-8,12-13,16H,5-6,9-11,19H2,1-2H3,(H,20,22). The Labute approximate surface area is 138 Å². The molecule has 1 aromatic carbocycles. The van der Waals surface area contributed by atoms with Crippen LogP contribution in [-0.4, -0.2) is 36.0 Å². The summed E-state index contributed by atoms with van der Waals surface area (Å²) in [4.78, 5) is 14.5. The van der Waals surface area contributed by atoms with Crippen molar-refractivity contribution in [2.75, 3.05) is 13.1 Å². The first-order valence-electron chi connectivity index (χ1n) is 8.02. The third kappa shape index (κ3) is 4.45. The molecule has 5 heteroatoms. The molecule has 3 N–H and O–H groups in total. The Morgan fingerprint density at radius 1 is 1.41 bits per heavy atom. The molecule has 0 spiro atoms. The van der Waals surface area contributed by atoms with E-state index in [1.165, 1.54) is 6.42 Å². The van der Waals surface area contributed by atoms with Crippen LogP contribution in [0.1, 0.15) is 44.7 Å². The van der Waals surface area contributed by atoms with Crippen molar-refractivity contribution in [2.45, 2.75) is 51.2 Å². The summed E-state index contributed by atoms with van der Waals surface area (Å²) in [7, 11) is 0. The van der Waals surface area contributed by atoms with Gasteiger partial charge in [0.2, 0.25) is 5.91 Å². The summed E-state index contributed by atoms with van der Waals surface area (Å²) in [6.07, 6.45) is 3.40. The summed E-state index contributed by atoms with van der Waals surface area (Å²) < 4.78 is 0. The normalized spacial score (nSPS) is 22.1. The van der Waals surface area contributed by atoms with Gasteiger partial charge in [-0.25, -0.2) is 0 Å². The van der Waals surface area contributed by atoms with Crippen molar-refractivity contribution in [3.63, 3.8) is 0 Å². The lowest BCUT2D eigenvalue weighted by Crippen LogP contribution is -2.52. The molecule has 3 atom stereocenters. The van der Waals surface area contributed by atoms with Crippen molar-refractivity contribution in [3.05, 3.63) is 34.9 Å². The number of likely N-dealkylation sites (tertiary alicyclic amines) is 1. The van der Waals surface area contributed by atoms with E-state index >= 15 is 0 Å². The number of nitrogens with one attached hydrogen (secondary N) is 1. The summed E-state index contributed by atoms with van der Waals surface area (Å²) >= 11 is 6.18. The van der Waals surface area contributed by atoms with E-state index in [-0.39, 0.29) is 18.0 Å². The highest BCUT2D eigenvalue weighted by Gasteiger charge is 2.27. The van der Waals surface area contributed by atoms with E-state index in [1.807, 2.05) is 38.1 Å². The van der Waals surface area contributed by atoms with Gasteiger partial charge in [-0.2, -0.15) is 0 Å². The first-order valence-corrected chi connectivity index (χ1v) is 8.40. The summed E-state index contributed by atoms with van der Waals surface area (Å²) in [5, 5.41) is 3.72. The molecule has 1 amide bonds. The smallest absolute Gasteiger partial charge is 0.234 e. The van der Waals surface area contributed by atoms with Crippen LogP contribution >= 0.6 is 11.6 Å². The van der Waals surface area contributed by atoms with Gasteiger partial charge in [0.25, 0.3) is 0 Å². The zero-order valence-electron chi connectivity index (χ0n) is 13.4. The van der Waals surface area contributed by atoms with Gasteiger partial charge in [0.15, 0.2) is 0 Å². The zero-order chi connectivity index (χ0) is 16.1. The Balaban J connectivity index is 1.93. The molecule has 1 saturated heterocycles. The number of hydrogen-bond acceptors (Lipinski definition) is 3. The minimum absolute atomic E-state index is 0.0277. The Kier molecular flexibility index (Phi) is 6.24. The molecule has 3 unspecified atom stereocenters. The van der Waals surface area contributed by atoms with Gasteiger partial charge in [0.1, 0.15) is 0 Å². The van der Waals surface area contributed by atoms with Crippen LogP contribution in [0.2, 0.25) is 5.02 Å². The Morgan fingerprint density at radius 2 is 2.14 bits per heavy atom. The highest BCUT2D eigenvalue weighted by atomic mass is 35.5. The van der Waals surface area contributed by atoms with Gasteiger partial charge >= 0.3 is 0 Å². The zero-order valence-corrected chi connectivity index (χ0v) is 14.1. The summed E-state index contributed by atoms with van der Waals surface area (Å²) in [5.74, 6) is 0.0277. The van der Waals surface area contributed by atoms with Crippen LogP contribution in [0.5, 0.6) is 0 Å². The average Bonchev–Trinajstić information content (AvgIpc) is 2.47. The maximum Gasteiger partial charge on any atom is 0.234 e. The van der Waals surface area contributed by atoms with Crippen molar-refractivity contribution in [1.29, 1.82) is 0 Å². The van der Waals surface area contributed by atoms with Gasteiger partial charge in [0, 0.05) is 17.1 Å². The van der Waals surface area contributed by atoms with Gasteiger partial charge in [-0.3, -0.25) is 9.69 Å². The highest BCUT2D eigenvalue weighted by Crippen LogP contribution is 2.22. The predicted octanol–water partition coefficient (Wildman–Crippen LogP) is 2.72. The van der Waals surface area contributed by atoms with E-state index in [0.29, 0.717) is 17.6 Å². The SMILES string of the molecule is CC(NC(=O)CN1CCCCC1C(C)N)c1ccccc1Cl. The number of halogens is 1. The van der Waals surface area contributed by atoms with Gasteiger partial charge in [-0.05, 0) is 44.9 Å². The molecule has 1 heterocycles. The van der Waals surface area contributed by atoms with E-state index in [1.54, 1.807) is 0 Å². The molecule has 22 heavy (non-hydrogen) atoms. The van der Waals surface area contributed by atoms with Crippen LogP contribution in [0.3, 0.4) is 0 Å². The topological polar surface area (TPSA) is 58.4 Å². The maximum atomic E-state index is 12.3. The molecule has 0 aromatic heterocycles. The Bertz CT molecular complexity index is 506. The van der Waals surface area contributed by atoms with Gasteiger partial charge in [0.05, 0.1) is 12.6 Å². The molecule has 2 rings (SSSR count). The molecule has 4 nitrogen and oxygen atoms in total. The molecule has 1 aliphatic rings. The van der Waals surface area contributed by atoms with E-state index in [9.17, 15) is 4.79 Å². The summed E-state index contributed by atoms with van der Waals surface area (Å²) in [6.45, 7) is 5.33. The van der Waals surface area contributed by atoms with Crippen LogP contribution in [0.15, 0.2) is 24.3 Å². The highest BCUT2D eigenvalue weighted by molar-refractivity contribution is 6.31. The predicted molar refractivity (Wildman–Crippen MR) is 90.9 cm³/mol. The fourth-order valence-corrected chi connectivity index (χ4v) is 3.48. The van der Waals surface area contributed by atoms with Crippen molar-refractivity contribution in [2.24, 2.45) is 5.73 Å². The second kappa shape index (κ2) is 7.95. The first-order chi connectivity index (χ1) is 10.5.